The number of carbonyl (C=O) groups excluding carboxylic acids is 2. The highest BCUT2D eigenvalue weighted by molar-refractivity contribution is 7.89. The van der Waals surface area contributed by atoms with Crippen LogP contribution in [-0.4, -0.2) is 55.1 Å². The van der Waals surface area contributed by atoms with Crippen LogP contribution in [0.15, 0.2) is 53.4 Å². The maximum atomic E-state index is 13.4. The van der Waals surface area contributed by atoms with Crippen LogP contribution in [0.1, 0.15) is 55.8 Å². The first-order chi connectivity index (χ1) is 16.8. The van der Waals surface area contributed by atoms with E-state index in [1.165, 1.54) is 18.2 Å². The first-order valence-electron chi connectivity index (χ1n) is 12.3. The van der Waals surface area contributed by atoms with Crippen LogP contribution in [0, 0.1) is 11.7 Å². The Morgan fingerprint density at radius 3 is 2.37 bits per heavy atom. The van der Waals surface area contributed by atoms with Crippen LogP contribution in [0.4, 0.5) is 10.1 Å². The number of hydrogen-bond donors (Lipinski definition) is 1. The first-order valence-corrected chi connectivity index (χ1v) is 13.7. The Morgan fingerprint density at radius 2 is 1.71 bits per heavy atom. The van der Waals surface area contributed by atoms with Crippen LogP contribution in [0.3, 0.4) is 0 Å². The fourth-order valence-corrected chi connectivity index (χ4v) is 6.70. The second kappa shape index (κ2) is 10.9. The van der Waals surface area contributed by atoms with Gasteiger partial charge in [0.1, 0.15) is 5.82 Å². The number of hydrogen-bond acceptors (Lipinski definition) is 4. The number of nitrogens with one attached hydrogen (secondary N) is 1. The minimum Gasteiger partial charge on any atom is -0.339 e. The number of likely N-dealkylation sites (tertiary alicyclic amines) is 1. The number of anilines is 1. The number of amides is 2. The van der Waals surface area contributed by atoms with Gasteiger partial charge in [-0.15, -0.1) is 0 Å². The van der Waals surface area contributed by atoms with Crippen molar-refractivity contribution in [1.82, 2.24) is 9.21 Å². The van der Waals surface area contributed by atoms with Crippen molar-refractivity contribution < 1.29 is 22.4 Å². The summed E-state index contributed by atoms with van der Waals surface area (Å²) in [4.78, 5) is 27.2. The van der Waals surface area contributed by atoms with Crippen LogP contribution in [0.5, 0.6) is 0 Å². The lowest BCUT2D eigenvalue weighted by molar-refractivity contribution is -0.121. The van der Waals surface area contributed by atoms with E-state index >= 15 is 0 Å². The lowest BCUT2D eigenvalue weighted by Crippen LogP contribution is -2.43. The van der Waals surface area contributed by atoms with E-state index in [2.05, 4.69) is 5.32 Å². The van der Waals surface area contributed by atoms with Gasteiger partial charge in [-0.25, -0.2) is 12.8 Å². The van der Waals surface area contributed by atoms with Crippen LogP contribution in [0.25, 0.3) is 0 Å². The topological polar surface area (TPSA) is 86.8 Å². The number of benzene rings is 2. The van der Waals surface area contributed by atoms with Gasteiger partial charge in [0.2, 0.25) is 15.9 Å². The van der Waals surface area contributed by atoms with Gasteiger partial charge in [0, 0.05) is 42.8 Å². The standard InChI is InChI=1S/C26H32FN3O4S/c1-2-23-8-3-4-15-30(23)35(33,34)24-11-9-22(10-12-24)28-25(31)19-13-16-29(17-14-19)26(32)20-6-5-7-21(27)18-20/h5-7,9-12,18-19,23H,2-4,8,13-17H2,1H3,(H,28,31). The number of rotatable bonds is 6. The van der Waals surface area contributed by atoms with Crippen LogP contribution >= 0.6 is 0 Å². The largest absolute Gasteiger partial charge is 0.339 e. The molecule has 1 N–H and O–H groups in total. The molecule has 0 saturated carbocycles. The van der Waals surface area contributed by atoms with E-state index in [4.69, 9.17) is 0 Å². The predicted molar refractivity (Wildman–Crippen MR) is 132 cm³/mol. The molecule has 2 aliphatic heterocycles. The SMILES string of the molecule is CCC1CCCCN1S(=O)(=O)c1ccc(NC(=O)C2CCN(C(=O)c3cccc(F)c3)CC2)cc1. The van der Waals surface area contributed by atoms with Gasteiger partial charge in [0.25, 0.3) is 5.91 Å². The van der Waals surface area contributed by atoms with E-state index < -0.39 is 15.8 Å². The third kappa shape index (κ3) is 5.73. The Bertz CT molecular complexity index is 1160. The number of nitrogens with zero attached hydrogens (tertiary/aromatic N) is 2. The molecule has 2 heterocycles. The van der Waals surface area contributed by atoms with Gasteiger partial charge in [-0.1, -0.05) is 19.4 Å². The lowest BCUT2D eigenvalue weighted by Gasteiger charge is -2.34. The Balaban J connectivity index is 1.33. The highest BCUT2D eigenvalue weighted by Gasteiger charge is 2.32. The van der Waals surface area contributed by atoms with E-state index in [1.54, 1.807) is 39.5 Å². The summed E-state index contributed by atoms with van der Waals surface area (Å²) in [5.74, 6) is -1.10. The Hall–Kier alpha value is -2.78. The highest BCUT2D eigenvalue weighted by atomic mass is 32.2. The molecule has 2 amide bonds. The van der Waals surface area contributed by atoms with Crippen molar-refractivity contribution in [3.63, 3.8) is 0 Å². The maximum absolute atomic E-state index is 13.4. The molecule has 188 valence electrons. The number of halogens is 1. The quantitative estimate of drug-likeness (QED) is 0.641. The van der Waals surface area contributed by atoms with E-state index in [0.717, 1.165) is 25.7 Å². The number of carbonyl (C=O) groups is 2. The van der Waals surface area contributed by atoms with Gasteiger partial charge < -0.3 is 10.2 Å². The Morgan fingerprint density at radius 1 is 1.00 bits per heavy atom. The van der Waals surface area contributed by atoms with Crippen molar-refractivity contribution in [3.05, 3.63) is 59.9 Å². The summed E-state index contributed by atoms with van der Waals surface area (Å²) in [6.07, 6.45) is 4.61. The molecule has 0 radical (unpaired) electrons. The molecule has 2 fully saturated rings. The molecule has 7 nitrogen and oxygen atoms in total. The van der Waals surface area contributed by atoms with Gasteiger partial charge in [0.15, 0.2) is 0 Å². The molecule has 1 atom stereocenters. The van der Waals surface area contributed by atoms with Crippen molar-refractivity contribution >= 4 is 27.5 Å². The van der Waals surface area contributed by atoms with Gasteiger partial charge in [-0.3, -0.25) is 9.59 Å². The summed E-state index contributed by atoms with van der Waals surface area (Å²) in [6, 6.07) is 12.0. The average Bonchev–Trinajstić information content (AvgIpc) is 2.88. The molecule has 2 aliphatic rings. The van der Waals surface area contributed by atoms with E-state index in [0.29, 0.717) is 43.7 Å². The molecule has 0 aliphatic carbocycles. The van der Waals surface area contributed by atoms with Gasteiger partial charge in [-0.2, -0.15) is 4.31 Å². The highest BCUT2D eigenvalue weighted by Crippen LogP contribution is 2.28. The zero-order valence-electron chi connectivity index (χ0n) is 20.0. The first kappa shape index (κ1) is 25.3. The van der Waals surface area contributed by atoms with Crippen LogP contribution < -0.4 is 5.32 Å². The molecule has 1 unspecified atom stereocenters. The van der Waals surface area contributed by atoms with Crippen molar-refractivity contribution in [2.45, 2.75) is 56.4 Å². The summed E-state index contributed by atoms with van der Waals surface area (Å²) >= 11 is 0. The van der Waals surface area contributed by atoms with Crippen molar-refractivity contribution in [2.75, 3.05) is 25.0 Å². The Labute approximate surface area is 206 Å². The minimum absolute atomic E-state index is 0.0341. The summed E-state index contributed by atoms with van der Waals surface area (Å²) in [5.41, 5.74) is 0.843. The van der Waals surface area contributed by atoms with E-state index in [9.17, 15) is 22.4 Å². The zero-order chi connectivity index (χ0) is 25.0. The summed E-state index contributed by atoms with van der Waals surface area (Å²) < 4.78 is 41.3. The molecule has 2 aromatic carbocycles. The third-order valence-electron chi connectivity index (χ3n) is 7.00. The summed E-state index contributed by atoms with van der Waals surface area (Å²) in [7, 11) is -3.57. The maximum Gasteiger partial charge on any atom is 0.253 e. The monoisotopic (exact) mass is 501 g/mol. The number of piperidine rings is 2. The molecule has 2 aromatic rings. The van der Waals surface area contributed by atoms with Crippen molar-refractivity contribution in [1.29, 1.82) is 0 Å². The molecule has 35 heavy (non-hydrogen) atoms. The second-order valence-corrected chi connectivity index (χ2v) is 11.2. The smallest absolute Gasteiger partial charge is 0.253 e. The Kier molecular flexibility index (Phi) is 7.86. The average molecular weight is 502 g/mol. The molecule has 0 bridgehead atoms. The fourth-order valence-electron chi connectivity index (χ4n) is 4.94. The molecular formula is C26H32FN3O4S. The molecular weight excluding hydrogens is 469 g/mol. The van der Waals surface area contributed by atoms with Crippen molar-refractivity contribution in [3.8, 4) is 0 Å². The number of sulfonamides is 1. The van der Waals surface area contributed by atoms with Gasteiger partial charge in [0.05, 0.1) is 4.90 Å². The molecule has 4 rings (SSSR count). The van der Waals surface area contributed by atoms with E-state index in [-0.39, 0.29) is 28.7 Å². The molecule has 0 aromatic heterocycles. The fraction of sp³-hybridized carbons (Fsp3) is 0.462. The lowest BCUT2D eigenvalue weighted by atomic mass is 9.95. The van der Waals surface area contributed by atoms with Crippen molar-refractivity contribution in [2.24, 2.45) is 5.92 Å². The molecule has 0 spiro atoms. The van der Waals surface area contributed by atoms with Gasteiger partial charge >= 0.3 is 0 Å². The normalized spacial score (nSPS) is 19.9. The van der Waals surface area contributed by atoms with Gasteiger partial charge in [-0.05, 0) is 74.6 Å². The van der Waals surface area contributed by atoms with Crippen LogP contribution in [-0.2, 0) is 14.8 Å². The minimum atomic E-state index is -3.57. The predicted octanol–water partition coefficient (Wildman–Crippen LogP) is 4.27. The van der Waals surface area contributed by atoms with E-state index in [1.807, 2.05) is 6.92 Å². The summed E-state index contributed by atoms with van der Waals surface area (Å²) in [5, 5.41) is 2.87. The molecule has 2 saturated heterocycles. The third-order valence-corrected chi connectivity index (χ3v) is 8.96. The second-order valence-electron chi connectivity index (χ2n) is 9.26. The summed E-state index contributed by atoms with van der Waals surface area (Å²) in [6.45, 7) is 3.39. The molecule has 9 heteroatoms. The zero-order valence-corrected chi connectivity index (χ0v) is 20.8. The van der Waals surface area contributed by atoms with Crippen LogP contribution in [0.2, 0.25) is 0 Å².